The zero-order valence-electron chi connectivity index (χ0n) is 16.6. The van der Waals surface area contributed by atoms with Gasteiger partial charge in [-0.25, -0.2) is 4.98 Å². The first-order chi connectivity index (χ1) is 14.7. The molecule has 1 fully saturated rings. The fourth-order valence-electron chi connectivity index (χ4n) is 3.76. The van der Waals surface area contributed by atoms with Crippen LogP contribution in [0.1, 0.15) is 23.2 Å². The Balaban J connectivity index is 1.52. The van der Waals surface area contributed by atoms with E-state index < -0.39 is 0 Å². The van der Waals surface area contributed by atoms with E-state index in [2.05, 4.69) is 12.1 Å². The Labute approximate surface area is 183 Å². The van der Waals surface area contributed by atoms with Gasteiger partial charge in [-0.15, -0.1) is 11.8 Å². The van der Waals surface area contributed by atoms with Crippen molar-refractivity contribution >= 4 is 44.4 Å². The maximum absolute atomic E-state index is 13.6. The Bertz CT molecular complexity index is 1080. The first-order valence-electron chi connectivity index (χ1n) is 9.99. The van der Waals surface area contributed by atoms with Crippen LogP contribution in [0.2, 0.25) is 0 Å². The van der Waals surface area contributed by atoms with Crippen molar-refractivity contribution in [1.82, 2.24) is 4.98 Å². The molecule has 2 aromatic carbocycles. The fraction of sp³-hybridized carbons (Fsp3) is 0.364. The van der Waals surface area contributed by atoms with Crippen molar-refractivity contribution < 1.29 is 19.0 Å². The minimum atomic E-state index is -0.104. The number of ether oxygens (including phenoxy) is 3. The van der Waals surface area contributed by atoms with Crippen LogP contribution in [0.25, 0.3) is 10.2 Å². The molecule has 0 radical (unpaired) electrons. The van der Waals surface area contributed by atoms with Crippen molar-refractivity contribution in [2.24, 2.45) is 0 Å². The number of carbonyl (C=O) groups is 1. The second kappa shape index (κ2) is 8.45. The van der Waals surface area contributed by atoms with Gasteiger partial charge in [0.05, 0.1) is 22.9 Å². The highest BCUT2D eigenvalue weighted by Gasteiger charge is 2.28. The van der Waals surface area contributed by atoms with Gasteiger partial charge in [0.25, 0.3) is 5.91 Å². The van der Waals surface area contributed by atoms with Crippen LogP contribution in [0, 0.1) is 0 Å². The highest BCUT2D eigenvalue weighted by atomic mass is 32.2. The van der Waals surface area contributed by atoms with E-state index in [-0.39, 0.29) is 12.0 Å². The second-order valence-corrected chi connectivity index (χ2v) is 9.07. The summed E-state index contributed by atoms with van der Waals surface area (Å²) in [5.74, 6) is 1.18. The molecule has 156 valence electrons. The zero-order chi connectivity index (χ0) is 20.5. The molecule has 3 heterocycles. The summed E-state index contributed by atoms with van der Waals surface area (Å²) in [4.78, 5) is 21.3. The van der Waals surface area contributed by atoms with Crippen molar-refractivity contribution in [2.75, 3.05) is 37.5 Å². The summed E-state index contributed by atoms with van der Waals surface area (Å²) in [5, 5.41) is 0.696. The third-order valence-electron chi connectivity index (χ3n) is 5.27. The van der Waals surface area contributed by atoms with Crippen LogP contribution in [0.3, 0.4) is 0 Å². The van der Waals surface area contributed by atoms with E-state index in [1.54, 1.807) is 34.9 Å². The maximum atomic E-state index is 13.6. The molecule has 0 unspecified atom stereocenters. The van der Waals surface area contributed by atoms with Crippen molar-refractivity contribution in [3.05, 3.63) is 42.0 Å². The van der Waals surface area contributed by atoms with Crippen LogP contribution in [-0.4, -0.2) is 49.6 Å². The van der Waals surface area contributed by atoms with Crippen molar-refractivity contribution in [3.63, 3.8) is 0 Å². The van der Waals surface area contributed by atoms with E-state index in [4.69, 9.17) is 19.2 Å². The van der Waals surface area contributed by atoms with Crippen molar-refractivity contribution in [2.45, 2.75) is 23.8 Å². The van der Waals surface area contributed by atoms with E-state index in [1.807, 2.05) is 12.3 Å². The number of para-hydroxylation sites is 1. The SMILES string of the molecule is CSc1cccc2sc(N(C[C@@H]3CCCO3)C(=O)c3ccc4c(c3)OCCO4)nc12. The van der Waals surface area contributed by atoms with Gasteiger partial charge in [-0.3, -0.25) is 9.69 Å². The number of hydrogen-bond donors (Lipinski definition) is 0. The summed E-state index contributed by atoms with van der Waals surface area (Å²) < 4.78 is 18.2. The quantitative estimate of drug-likeness (QED) is 0.538. The molecule has 0 aliphatic carbocycles. The zero-order valence-corrected chi connectivity index (χ0v) is 18.3. The molecule has 6 nitrogen and oxygen atoms in total. The third-order valence-corrected chi connectivity index (χ3v) is 7.08. The molecule has 0 saturated carbocycles. The van der Waals surface area contributed by atoms with E-state index in [1.165, 1.54) is 11.3 Å². The molecule has 3 aromatic rings. The number of fused-ring (bicyclic) bond motifs is 2. The first kappa shape index (κ1) is 19.7. The number of rotatable bonds is 5. The van der Waals surface area contributed by atoms with Crippen LogP contribution >= 0.6 is 23.1 Å². The Morgan fingerprint density at radius 2 is 2.07 bits per heavy atom. The Hall–Kier alpha value is -2.29. The maximum Gasteiger partial charge on any atom is 0.260 e. The van der Waals surface area contributed by atoms with Gasteiger partial charge in [-0.2, -0.15) is 0 Å². The van der Waals surface area contributed by atoms with E-state index in [0.29, 0.717) is 42.0 Å². The summed E-state index contributed by atoms with van der Waals surface area (Å²) in [6.45, 7) is 2.24. The largest absolute Gasteiger partial charge is 0.486 e. The summed E-state index contributed by atoms with van der Waals surface area (Å²) in [5.41, 5.74) is 1.50. The lowest BCUT2D eigenvalue weighted by Gasteiger charge is -2.24. The molecule has 1 aromatic heterocycles. The lowest BCUT2D eigenvalue weighted by Crippen LogP contribution is -2.37. The van der Waals surface area contributed by atoms with Gasteiger partial charge >= 0.3 is 0 Å². The minimum absolute atomic E-state index is 0.0261. The van der Waals surface area contributed by atoms with Gasteiger partial charge in [-0.1, -0.05) is 17.4 Å². The minimum Gasteiger partial charge on any atom is -0.486 e. The number of anilines is 1. The first-order valence-corrected chi connectivity index (χ1v) is 12.0. The topological polar surface area (TPSA) is 60.9 Å². The molecule has 1 amide bonds. The normalized spacial score (nSPS) is 18.0. The Kier molecular flexibility index (Phi) is 5.54. The van der Waals surface area contributed by atoms with Gasteiger partial charge < -0.3 is 14.2 Å². The molecule has 30 heavy (non-hydrogen) atoms. The molecule has 2 aliphatic rings. The number of nitrogens with zero attached hydrogens (tertiary/aromatic N) is 2. The predicted octanol–water partition coefficient (Wildman–Crippen LogP) is 4.62. The molecular weight excluding hydrogens is 420 g/mol. The lowest BCUT2D eigenvalue weighted by atomic mass is 10.1. The van der Waals surface area contributed by atoms with Crippen LogP contribution in [0.4, 0.5) is 5.13 Å². The predicted molar refractivity (Wildman–Crippen MR) is 119 cm³/mol. The average molecular weight is 443 g/mol. The van der Waals surface area contributed by atoms with Gasteiger partial charge in [0.1, 0.15) is 13.2 Å². The van der Waals surface area contributed by atoms with E-state index >= 15 is 0 Å². The van der Waals surface area contributed by atoms with Crippen LogP contribution in [-0.2, 0) is 4.74 Å². The molecule has 5 rings (SSSR count). The number of aromatic nitrogens is 1. The summed E-state index contributed by atoms with van der Waals surface area (Å²) in [6.07, 6.45) is 4.04. The van der Waals surface area contributed by atoms with Crippen LogP contribution in [0.15, 0.2) is 41.3 Å². The summed E-state index contributed by atoms with van der Waals surface area (Å²) in [6, 6.07) is 11.5. The standard InChI is InChI=1S/C22H22N2O4S2/c1-29-18-5-2-6-19-20(18)23-22(30-19)24(13-15-4-3-9-26-15)21(25)14-7-8-16-17(12-14)28-11-10-27-16/h2,5-8,12,15H,3-4,9-11,13H2,1H3/t15-/m0/s1. The number of thioether (sulfide) groups is 1. The number of thiazole rings is 1. The lowest BCUT2D eigenvalue weighted by molar-refractivity contribution is 0.0916. The number of hydrogen-bond acceptors (Lipinski definition) is 7. The second-order valence-electron chi connectivity index (χ2n) is 7.21. The van der Waals surface area contributed by atoms with E-state index in [9.17, 15) is 4.79 Å². The highest BCUT2D eigenvalue weighted by molar-refractivity contribution is 7.98. The third kappa shape index (κ3) is 3.75. The molecule has 1 atom stereocenters. The average Bonchev–Trinajstić information content (AvgIpc) is 3.46. The molecule has 8 heteroatoms. The van der Waals surface area contributed by atoms with Gasteiger partial charge in [-0.05, 0) is 49.4 Å². The fourth-order valence-corrected chi connectivity index (χ4v) is 5.39. The molecular formula is C22H22N2O4S2. The van der Waals surface area contributed by atoms with Crippen molar-refractivity contribution in [3.8, 4) is 11.5 Å². The molecule has 0 bridgehead atoms. The van der Waals surface area contributed by atoms with E-state index in [0.717, 1.165) is 34.6 Å². The smallest absolute Gasteiger partial charge is 0.260 e. The Morgan fingerprint density at radius 3 is 2.87 bits per heavy atom. The number of benzene rings is 2. The molecule has 1 saturated heterocycles. The Morgan fingerprint density at radius 1 is 1.20 bits per heavy atom. The van der Waals surface area contributed by atoms with Crippen molar-refractivity contribution in [1.29, 1.82) is 0 Å². The number of carbonyl (C=O) groups excluding carboxylic acids is 1. The monoisotopic (exact) mass is 442 g/mol. The number of amides is 1. The van der Waals surface area contributed by atoms with Gasteiger partial charge in [0.15, 0.2) is 16.6 Å². The molecule has 0 N–H and O–H groups in total. The molecule has 0 spiro atoms. The highest BCUT2D eigenvalue weighted by Crippen LogP contribution is 2.36. The van der Waals surface area contributed by atoms with Gasteiger partial charge in [0, 0.05) is 17.1 Å². The summed E-state index contributed by atoms with van der Waals surface area (Å²) >= 11 is 3.20. The van der Waals surface area contributed by atoms with Crippen LogP contribution < -0.4 is 14.4 Å². The van der Waals surface area contributed by atoms with Gasteiger partial charge in [0.2, 0.25) is 0 Å². The molecule has 2 aliphatic heterocycles. The summed E-state index contributed by atoms with van der Waals surface area (Å²) in [7, 11) is 0. The van der Waals surface area contributed by atoms with Crippen LogP contribution in [0.5, 0.6) is 11.5 Å².